The number of nitrogens with one attached hydrogen (secondary N) is 1. The molecule has 0 saturated heterocycles. The Labute approximate surface area is 125 Å². The highest BCUT2D eigenvalue weighted by atomic mass is 19.1. The molecule has 1 N–H and O–H groups in total. The highest BCUT2D eigenvalue weighted by molar-refractivity contribution is 5.96. The molecule has 0 spiro atoms. The quantitative estimate of drug-likeness (QED) is 0.748. The lowest BCUT2D eigenvalue weighted by molar-refractivity contribution is -0.122. The molecule has 0 saturated carbocycles. The van der Waals surface area contributed by atoms with Crippen molar-refractivity contribution in [2.75, 3.05) is 19.6 Å². The summed E-state index contributed by atoms with van der Waals surface area (Å²) in [5, 5.41) is 2.83. The maximum Gasteiger partial charge on any atom is 0.234 e. The van der Waals surface area contributed by atoms with Crippen molar-refractivity contribution in [2.24, 2.45) is 0 Å². The molecule has 1 rings (SSSR count). The highest BCUT2D eigenvalue weighted by Gasteiger charge is 2.12. The fourth-order valence-electron chi connectivity index (χ4n) is 1.96. The van der Waals surface area contributed by atoms with Crippen molar-refractivity contribution in [1.82, 2.24) is 10.2 Å². The van der Waals surface area contributed by atoms with Gasteiger partial charge in [0.25, 0.3) is 0 Å². The zero-order valence-corrected chi connectivity index (χ0v) is 12.9. The van der Waals surface area contributed by atoms with Gasteiger partial charge in [0, 0.05) is 24.6 Å². The molecule has 0 heterocycles. The zero-order valence-electron chi connectivity index (χ0n) is 12.9. The van der Waals surface area contributed by atoms with Gasteiger partial charge < -0.3 is 5.32 Å². The fourth-order valence-corrected chi connectivity index (χ4v) is 1.96. The van der Waals surface area contributed by atoms with Gasteiger partial charge >= 0.3 is 0 Å². The number of Topliss-reactive ketones (excluding diaryl/α,β-unsaturated/α-hetero) is 1. The zero-order chi connectivity index (χ0) is 15.8. The minimum absolute atomic E-state index is 0.0407. The van der Waals surface area contributed by atoms with Crippen LogP contribution in [0.3, 0.4) is 0 Å². The molecule has 1 aromatic carbocycles. The molecule has 0 fully saturated rings. The lowest BCUT2D eigenvalue weighted by Gasteiger charge is -2.20. The largest absolute Gasteiger partial charge is 0.353 e. The second kappa shape index (κ2) is 8.52. The van der Waals surface area contributed by atoms with Gasteiger partial charge in [-0.05, 0) is 44.7 Å². The summed E-state index contributed by atoms with van der Waals surface area (Å²) in [6, 6.07) is 5.64. The van der Waals surface area contributed by atoms with Crippen molar-refractivity contribution in [2.45, 2.75) is 33.2 Å². The number of rotatable bonds is 8. The molecule has 116 valence electrons. The molecule has 1 aromatic rings. The summed E-state index contributed by atoms with van der Waals surface area (Å²) in [6.07, 6.45) is 0.314. The molecule has 4 nitrogen and oxygen atoms in total. The van der Waals surface area contributed by atoms with Crippen molar-refractivity contribution in [3.63, 3.8) is 0 Å². The third-order valence-electron chi connectivity index (χ3n) is 3.09. The molecule has 0 radical (unpaired) electrons. The number of nitrogens with zero attached hydrogens (tertiary/aromatic N) is 1. The number of likely N-dealkylation sites (N-methyl/N-ethyl adjacent to an activating group) is 1. The molecule has 0 aromatic heterocycles. The van der Waals surface area contributed by atoms with Crippen molar-refractivity contribution in [3.05, 3.63) is 35.6 Å². The normalized spacial score (nSPS) is 11.0. The lowest BCUT2D eigenvalue weighted by atomic mass is 10.1. The number of carbonyl (C=O) groups is 2. The van der Waals surface area contributed by atoms with Crippen LogP contribution in [0, 0.1) is 5.82 Å². The summed E-state index contributed by atoms with van der Waals surface area (Å²) in [5.74, 6) is -0.439. The predicted octanol–water partition coefficient (Wildman–Crippen LogP) is 2.25. The van der Waals surface area contributed by atoms with Crippen molar-refractivity contribution < 1.29 is 14.0 Å². The first-order valence-electron chi connectivity index (χ1n) is 7.22. The minimum Gasteiger partial charge on any atom is -0.353 e. The molecule has 0 unspecified atom stereocenters. The van der Waals surface area contributed by atoms with E-state index in [9.17, 15) is 14.0 Å². The Kier molecular flexibility index (Phi) is 7.02. The molecule has 0 bridgehead atoms. The van der Waals surface area contributed by atoms with Gasteiger partial charge in [-0.1, -0.05) is 6.92 Å². The highest BCUT2D eigenvalue weighted by Crippen LogP contribution is 2.06. The van der Waals surface area contributed by atoms with Gasteiger partial charge in [-0.25, -0.2) is 4.39 Å². The Morgan fingerprint density at radius 3 is 2.38 bits per heavy atom. The van der Waals surface area contributed by atoms with E-state index in [0.717, 1.165) is 0 Å². The van der Waals surface area contributed by atoms with E-state index < -0.39 is 0 Å². The maximum absolute atomic E-state index is 12.8. The third-order valence-corrected chi connectivity index (χ3v) is 3.09. The number of hydrogen-bond acceptors (Lipinski definition) is 3. The van der Waals surface area contributed by atoms with E-state index in [1.54, 1.807) is 0 Å². The third kappa shape index (κ3) is 6.49. The summed E-state index contributed by atoms with van der Waals surface area (Å²) in [7, 11) is 0. The molecule has 21 heavy (non-hydrogen) atoms. The van der Waals surface area contributed by atoms with Crippen LogP contribution in [0.15, 0.2) is 24.3 Å². The van der Waals surface area contributed by atoms with Crippen LogP contribution in [0.25, 0.3) is 0 Å². The molecule has 5 heteroatoms. The molecule has 0 aliphatic rings. The number of hydrogen-bond donors (Lipinski definition) is 1. The van der Waals surface area contributed by atoms with E-state index >= 15 is 0 Å². The lowest BCUT2D eigenvalue weighted by Crippen LogP contribution is -2.40. The molecule has 1 amide bonds. The SMILES string of the molecule is CCN(CCC(=O)c1ccc(F)cc1)CC(=O)NC(C)C. The molecule has 0 atom stereocenters. The second-order valence-corrected chi connectivity index (χ2v) is 5.27. The first kappa shape index (κ1) is 17.3. The van der Waals surface area contributed by atoms with E-state index in [0.29, 0.717) is 25.1 Å². The number of benzene rings is 1. The summed E-state index contributed by atoms with van der Waals surface area (Å²) in [6.45, 7) is 7.26. The predicted molar refractivity (Wildman–Crippen MR) is 80.7 cm³/mol. The van der Waals surface area contributed by atoms with Crippen LogP contribution < -0.4 is 5.32 Å². The monoisotopic (exact) mass is 294 g/mol. The summed E-state index contributed by atoms with van der Waals surface area (Å²) in [4.78, 5) is 25.6. The smallest absolute Gasteiger partial charge is 0.234 e. The summed E-state index contributed by atoms with van der Waals surface area (Å²) < 4.78 is 12.8. The number of ketones is 1. The van der Waals surface area contributed by atoms with Crippen LogP contribution in [-0.4, -0.2) is 42.3 Å². The average molecular weight is 294 g/mol. The van der Waals surface area contributed by atoms with Crippen LogP contribution in [0.4, 0.5) is 4.39 Å². The van der Waals surface area contributed by atoms with Gasteiger partial charge in [-0.3, -0.25) is 14.5 Å². The Hall–Kier alpha value is -1.75. The second-order valence-electron chi connectivity index (χ2n) is 5.27. The number of halogens is 1. The molecule has 0 aliphatic carbocycles. The van der Waals surface area contributed by atoms with Gasteiger partial charge in [0.2, 0.25) is 5.91 Å². The number of amides is 1. The Bertz CT molecular complexity index is 472. The van der Waals surface area contributed by atoms with Gasteiger partial charge in [0.1, 0.15) is 5.82 Å². The van der Waals surface area contributed by atoms with E-state index in [4.69, 9.17) is 0 Å². The van der Waals surface area contributed by atoms with Gasteiger partial charge in [0.05, 0.1) is 6.54 Å². The number of carbonyl (C=O) groups excluding carboxylic acids is 2. The van der Waals surface area contributed by atoms with Crippen LogP contribution in [-0.2, 0) is 4.79 Å². The average Bonchev–Trinajstić information content (AvgIpc) is 2.43. The molecule has 0 aliphatic heterocycles. The van der Waals surface area contributed by atoms with E-state index in [2.05, 4.69) is 5.32 Å². The van der Waals surface area contributed by atoms with E-state index in [1.165, 1.54) is 24.3 Å². The molecular weight excluding hydrogens is 271 g/mol. The fraction of sp³-hybridized carbons (Fsp3) is 0.500. The topological polar surface area (TPSA) is 49.4 Å². The Balaban J connectivity index is 2.45. The van der Waals surface area contributed by atoms with Crippen LogP contribution in [0.1, 0.15) is 37.6 Å². The van der Waals surface area contributed by atoms with Crippen LogP contribution >= 0.6 is 0 Å². The first-order valence-corrected chi connectivity index (χ1v) is 7.22. The van der Waals surface area contributed by atoms with E-state index in [1.807, 2.05) is 25.7 Å². The summed E-state index contributed by atoms with van der Waals surface area (Å²) >= 11 is 0. The summed E-state index contributed by atoms with van der Waals surface area (Å²) in [5.41, 5.74) is 0.499. The van der Waals surface area contributed by atoms with Gasteiger partial charge in [-0.15, -0.1) is 0 Å². The maximum atomic E-state index is 12.8. The van der Waals surface area contributed by atoms with Crippen molar-refractivity contribution in [3.8, 4) is 0 Å². The Morgan fingerprint density at radius 1 is 1.24 bits per heavy atom. The standard InChI is InChI=1S/C16H23FN2O2/c1-4-19(11-16(21)18-12(2)3)10-9-15(20)13-5-7-14(17)8-6-13/h5-8,12H,4,9-11H2,1-3H3,(H,18,21). The minimum atomic E-state index is -0.355. The van der Waals surface area contributed by atoms with Crippen molar-refractivity contribution >= 4 is 11.7 Å². The van der Waals surface area contributed by atoms with Crippen LogP contribution in [0.5, 0.6) is 0 Å². The van der Waals surface area contributed by atoms with E-state index in [-0.39, 0.29) is 30.1 Å². The molecular formula is C16H23FN2O2. The first-order chi connectivity index (χ1) is 9.92. The van der Waals surface area contributed by atoms with Gasteiger partial charge in [-0.2, -0.15) is 0 Å². The Morgan fingerprint density at radius 2 is 1.86 bits per heavy atom. The van der Waals surface area contributed by atoms with Crippen LogP contribution in [0.2, 0.25) is 0 Å². The van der Waals surface area contributed by atoms with Gasteiger partial charge in [0.15, 0.2) is 5.78 Å². The van der Waals surface area contributed by atoms with Crippen molar-refractivity contribution in [1.29, 1.82) is 0 Å².